The van der Waals surface area contributed by atoms with Gasteiger partial charge in [-0.1, -0.05) is 6.07 Å². The fourth-order valence-electron chi connectivity index (χ4n) is 3.55. The van der Waals surface area contributed by atoms with Gasteiger partial charge in [-0.05, 0) is 66.9 Å². The summed E-state index contributed by atoms with van der Waals surface area (Å²) in [4.78, 5) is 16.6. The summed E-state index contributed by atoms with van der Waals surface area (Å²) in [5, 5.41) is 2.98. The van der Waals surface area contributed by atoms with E-state index in [0.717, 1.165) is 36.4 Å². The first kappa shape index (κ1) is 15.1. The van der Waals surface area contributed by atoms with Gasteiger partial charge < -0.3 is 10.2 Å². The first-order valence-corrected chi connectivity index (χ1v) is 8.27. The third kappa shape index (κ3) is 2.76. The van der Waals surface area contributed by atoms with Crippen molar-refractivity contribution in [2.24, 2.45) is 0 Å². The van der Waals surface area contributed by atoms with E-state index in [9.17, 15) is 9.18 Å². The van der Waals surface area contributed by atoms with Gasteiger partial charge in [-0.25, -0.2) is 9.18 Å². The molecular formula is C19H20FN3O. The topological polar surface area (TPSA) is 35.6 Å². The van der Waals surface area contributed by atoms with E-state index in [4.69, 9.17) is 0 Å². The molecule has 0 radical (unpaired) electrons. The predicted molar refractivity (Wildman–Crippen MR) is 92.9 cm³/mol. The number of halogens is 1. The highest BCUT2D eigenvalue weighted by molar-refractivity contribution is 6.03. The van der Waals surface area contributed by atoms with Crippen LogP contribution < -0.4 is 10.2 Å². The van der Waals surface area contributed by atoms with E-state index >= 15 is 0 Å². The second-order valence-corrected chi connectivity index (χ2v) is 6.58. The smallest absolute Gasteiger partial charge is 0.308 e. The minimum Gasteiger partial charge on any atom is -0.308 e. The van der Waals surface area contributed by atoms with Crippen LogP contribution in [0.4, 0.5) is 20.6 Å². The van der Waals surface area contributed by atoms with Gasteiger partial charge in [-0.2, -0.15) is 0 Å². The quantitative estimate of drug-likeness (QED) is 0.872. The minimum absolute atomic E-state index is 0.163. The Labute approximate surface area is 140 Å². The molecule has 0 saturated carbocycles. The number of nitrogens with zero attached hydrogens (tertiary/aromatic N) is 2. The average Bonchev–Trinajstić information content (AvgIpc) is 2.97. The maximum Gasteiger partial charge on any atom is 0.326 e. The lowest BCUT2D eigenvalue weighted by Gasteiger charge is -2.25. The Kier molecular flexibility index (Phi) is 3.73. The number of hydrogen-bond acceptors (Lipinski definition) is 2. The highest BCUT2D eigenvalue weighted by atomic mass is 19.1. The van der Waals surface area contributed by atoms with Crippen molar-refractivity contribution in [2.75, 3.05) is 30.4 Å². The minimum atomic E-state index is -0.255. The van der Waals surface area contributed by atoms with Crippen LogP contribution in [0, 0.1) is 5.82 Å². The van der Waals surface area contributed by atoms with Gasteiger partial charge in [-0.3, -0.25) is 4.90 Å². The largest absolute Gasteiger partial charge is 0.326 e. The van der Waals surface area contributed by atoms with Crippen molar-refractivity contribution >= 4 is 17.4 Å². The van der Waals surface area contributed by atoms with Crippen molar-refractivity contribution in [1.82, 2.24) is 4.90 Å². The van der Waals surface area contributed by atoms with E-state index in [1.165, 1.54) is 23.3 Å². The van der Waals surface area contributed by atoms with Crippen LogP contribution in [0.2, 0.25) is 0 Å². The molecule has 4 rings (SSSR count). The van der Waals surface area contributed by atoms with Crippen LogP contribution in [0.1, 0.15) is 16.7 Å². The molecule has 2 heterocycles. The van der Waals surface area contributed by atoms with Crippen molar-refractivity contribution in [1.29, 1.82) is 0 Å². The van der Waals surface area contributed by atoms with Gasteiger partial charge in [0.25, 0.3) is 0 Å². The van der Waals surface area contributed by atoms with E-state index in [2.05, 4.69) is 29.4 Å². The second-order valence-electron chi connectivity index (χ2n) is 6.58. The molecule has 2 aliphatic heterocycles. The second kappa shape index (κ2) is 5.91. The highest BCUT2D eigenvalue weighted by Crippen LogP contribution is 2.29. The number of carbonyl (C=O) groups excluding carboxylic acids is 1. The van der Waals surface area contributed by atoms with E-state index in [1.807, 2.05) is 6.07 Å². The third-order valence-corrected chi connectivity index (χ3v) is 4.84. The van der Waals surface area contributed by atoms with Gasteiger partial charge in [0.15, 0.2) is 0 Å². The lowest BCUT2D eigenvalue weighted by atomic mass is 9.99. The van der Waals surface area contributed by atoms with Crippen LogP contribution >= 0.6 is 0 Å². The Bertz CT molecular complexity index is 805. The van der Waals surface area contributed by atoms with Crippen LogP contribution in [0.25, 0.3) is 0 Å². The van der Waals surface area contributed by atoms with Crippen LogP contribution in [0.15, 0.2) is 36.4 Å². The van der Waals surface area contributed by atoms with E-state index in [-0.39, 0.29) is 11.8 Å². The van der Waals surface area contributed by atoms with Crippen molar-refractivity contribution < 1.29 is 9.18 Å². The Balaban J connectivity index is 1.53. The third-order valence-electron chi connectivity index (χ3n) is 4.84. The zero-order valence-electron chi connectivity index (χ0n) is 13.7. The van der Waals surface area contributed by atoms with Gasteiger partial charge in [0, 0.05) is 31.0 Å². The zero-order chi connectivity index (χ0) is 16.7. The molecule has 2 aromatic carbocycles. The van der Waals surface area contributed by atoms with Gasteiger partial charge >= 0.3 is 6.03 Å². The highest BCUT2D eigenvalue weighted by Gasteiger charge is 2.25. The molecule has 0 bridgehead atoms. The van der Waals surface area contributed by atoms with Crippen molar-refractivity contribution in [3.63, 3.8) is 0 Å². The van der Waals surface area contributed by atoms with Crippen LogP contribution in [0.3, 0.4) is 0 Å². The van der Waals surface area contributed by atoms with Crippen LogP contribution in [0.5, 0.6) is 0 Å². The number of amides is 2. The van der Waals surface area contributed by atoms with Crippen molar-refractivity contribution in [3.05, 3.63) is 58.9 Å². The zero-order valence-corrected chi connectivity index (χ0v) is 13.7. The van der Waals surface area contributed by atoms with E-state index in [1.54, 1.807) is 11.0 Å². The summed E-state index contributed by atoms with van der Waals surface area (Å²) in [5.41, 5.74) is 5.12. The molecule has 24 heavy (non-hydrogen) atoms. The van der Waals surface area contributed by atoms with E-state index < -0.39 is 0 Å². The number of anilines is 2. The molecule has 2 aromatic rings. The van der Waals surface area contributed by atoms with Crippen LogP contribution in [-0.2, 0) is 19.4 Å². The first-order chi connectivity index (χ1) is 11.6. The summed E-state index contributed by atoms with van der Waals surface area (Å²) in [6.45, 7) is 2.56. The molecule has 1 N–H and O–H groups in total. The molecule has 2 aliphatic rings. The van der Waals surface area contributed by atoms with Gasteiger partial charge in [0.2, 0.25) is 0 Å². The molecule has 0 saturated heterocycles. The fraction of sp³-hybridized carbons (Fsp3) is 0.316. The number of fused-ring (bicyclic) bond motifs is 2. The molecule has 2 amide bonds. The Morgan fingerprint density at radius 3 is 2.75 bits per heavy atom. The molecular weight excluding hydrogens is 305 g/mol. The number of benzene rings is 2. The number of nitrogens with one attached hydrogen (secondary N) is 1. The predicted octanol–water partition coefficient (Wildman–Crippen LogP) is 3.41. The normalized spacial score (nSPS) is 16.7. The number of likely N-dealkylation sites (N-methyl/N-ethyl adjacent to an activating group) is 1. The molecule has 0 fully saturated rings. The SMILES string of the molecule is CN1CCc2ccc(NC(=O)N3CCc4cc(F)ccc43)cc2C1. The first-order valence-electron chi connectivity index (χ1n) is 8.27. The summed E-state index contributed by atoms with van der Waals surface area (Å²) in [6.07, 6.45) is 1.74. The number of carbonyl (C=O) groups is 1. The standard InChI is InChI=1S/C19H20FN3O/c1-22-8-6-13-2-4-17(11-15(13)12-22)21-19(24)23-9-7-14-10-16(20)3-5-18(14)23/h2-5,10-11H,6-9,12H2,1H3,(H,21,24). The number of rotatable bonds is 1. The lowest BCUT2D eigenvalue weighted by Crippen LogP contribution is -2.33. The average molecular weight is 325 g/mol. The Hall–Kier alpha value is -2.40. The molecule has 4 nitrogen and oxygen atoms in total. The molecule has 0 spiro atoms. The Morgan fingerprint density at radius 1 is 1.04 bits per heavy atom. The van der Waals surface area contributed by atoms with Gasteiger partial charge in [0.05, 0.1) is 0 Å². The molecule has 0 aliphatic carbocycles. The fourth-order valence-corrected chi connectivity index (χ4v) is 3.55. The Morgan fingerprint density at radius 2 is 1.88 bits per heavy atom. The van der Waals surface area contributed by atoms with Gasteiger partial charge in [0.1, 0.15) is 5.82 Å². The summed E-state index contributed by atoms with van der Waals surface area (Å²) in [6, 6.07) is 10.6. The maximum atomic E-state index is 13.3. The summed E-state index contributed by atoms with van der Waals surface area (Å²) < 4.78 is 13.3. The number of hydrogen-bond donors (Lipinski definition) is 1. The molecule has 0 aromatic heterocycles. The summed E-state index contributed by atoms with van der Waals surface area (Å²) in [5.74, 6) is -0.255. The van der Waals surface area contributed by atoms with Gasteiger partial charge in [-0.15, -0.1) is 0 Å². The molecule has 0 unspecified atom stereocenters. The van der Waals surface area contributed by atoms with E-state index in [0.29, 0.717) is 13.0 Å². The number of urea groups is 1. The van der Waals surface area contributed by atoms with Crippen molar-refractivity contribution in [3.8, 4) is 0 Å². The molecule has 0 atom stereocenters. The summed E-state index contributed by atoms with van der Waals surface area (Å²) >= 11 is 0. The molecule has 5 heteroatoms. The maximum absolute atomic E-state index is 13.3. The monoisotopic (exact) mass is 325 g/mol. The van der Waals surface area contributed by atoms with Crippen molar-refractivity contribution in [2.45, 2.75) is 19.4 Å². The van der Waals surface area contributed by atoms with Crippen LogP contribution in [-0.4, -0.2) is 31.1 Å². The summed E-state index contributed by atoms with van der Waals surface area (Å²) in [7, 11) is 2.11. The lowest BCUT2D eigenvalue weighted by molar-refractivity contribution is 0.257. The molecule has 124 valence electrons.